The molecule has 0 aliphatic carbocycles. The molecule has 4 rings (SSSR count). The van der Waals surface area contributed by atoms with Crippen LogP contribution in [0.25, 0.3) is 0 Å². The fraction of sp³-hybridized carbons (Fsp3) is 0.435. The Morgan fingerprint density at radius 1 is 1.07 bits per heavy atom. The molecule has 1 atom stereocenters. The number of fused-ring (bicyclic) bond motifs is 1. The van der Waals surface area contributed by atoms with Gasteiger partial charge in [-0.25, -0.2) is 0 Å². The molecule has 2 heterocycles. The second kappa shape index (κ2) is 9.46. The minimum absolute atomic E-state index is 0.0368. The normalized spacial score (nSPS) is 18.1. The summed E-state index contributed by atoms with van der Waals surface area (Å²) in [5, 5.41) is 4.32. The van der Waals surface area contributed by atoms with E-state index in [2.05, 4.69) is 10.2 Å². The number of likely N-dealkylation sites (tertiary alicyclic amines) is 1. The van der Waals surface area contributed by atoms with E-state index in [9.17, 15) is 4.79 Å². The molecule has 0 bridgehead atoms. The smallest absolute Gasteiger partial charge is 0.223 e. The first-order valence-corrected chi connectivity index (χ1v) is 11.1. The average Bonchev–Trinajstić information content (AvgIpc) is 2.76. The van der Waals surface area contributed by atoms with Gasteiger partial charge in [0.1, 0.15) is 13.2 Å². The largest absolute Gasteiger partial charge is 0.486 e. The maximum absolute atomic E-state index is 12.8. The highest BCUT2D eigenvalue weighted by molar-refractivity contribution is 6.42. The van der Waals surface area contributed by atoms with E-state index in [0.29, 0.717) is 23.3 Å². The van der Waals surface area contributed by atoms with Crippen LogP contribution < -0.4 is 14.8 Å². The SMILES string of the molecule is CC(NC(=O)C1CCN(Cc2ccc(Cl)c(Cl)c2)CC1)c1ccc2c(c1)OCCO2. The lowest BCUT2D eigenvalue weighted by Gasteiger charge is -2.32. The van der Waals surface area contributed by atoms with E-state index in [-0.39, 0.29) is 17.9 Å². The number of carbonyl (C=O) groups is 1. The molecule has 0 aromatic heterocycles. The van der Waals surface area contributed by atoms with Gasteiger partial charge in [0.15, 0.2) is 11.5 Å². The summed E-state index contributed by atoms with van der Waals surface area (Å²) in [6.07, 6.45) is 1.70. The standard InChI is InChI=1S/C23H26Cl2N2O3/c1-15(18-3-5-21-22(13-18)30-11-10-29-21)26-23(28)17-6-8-27(9-7-17)14-16-2-4-19(24)20(25)12-16/h2-5,12-13,15,17H,6-11,14H2,1H3,(H,26,28). The molecular weight excluding hydrogens is 423 g/mol. The Morgan fingerprint density at radius 2 is 1.80 bits per heavy atom. The highest BCUT2D eigenvalue weighted by Crippen LogP contribution is 2.33. The molecule has 7 heteroatoms. The third-order valence-corrected chi connectivity index (χ3v) is 6.51. The van der Waals surface area contributed by atoms with Gasteiger partial charge in [0.25, 0.3) is 0 Å². The average molecular weight is 449 g/mol. The summed E-state index contributed by atoms with van der Waals surface area (Å²) in [4.78, 5) is 15.2. The van der Waals surface area contributed by atoms with Crippen LogP contribution in [0, 0.1) is 5.92 Å². The predicted molar refractivity (Wildman–Crippen MR) is 118 cm³/mol. The number of benzene rings is 2. The Labute approximate surface area is 187 Å². The van der Waals surface area contributed by atoms with Gasteiger partial charge in [-0.2, -0.15) is 0 Å². The lowest BCUT2D eigenvalue weighted by atomic mass is 9.94. The number of hydrogen-bond donors (Lipinski definition) is 1. The lowest BCUT2D eigenvalue weighted by Crippen LogP contribution is -2.40. The topological polar surface area (TPSA) is 50.8 Å². The minimum atomic E-state index is -0.0810. The van der Waals surface area contributed by atoms with E-state index in [1.165, 1.54) is 0 Å². The van der Waals surface area contributed by atoms with Crippen LogP contribution in [0.4, 0.5) is 0 Å². The molecule has 1 saturated heterocycles. The maximum Gasteiger partial charge on any atom is 0.223 e. The number of piperidine rings is 1. The Balaban J connectivity index is 1.28. The second-order valence-electron chi connectivity index (χ2n) is 7.93. The summed E-state index contributed by atoms with van der Waals surface area (Å²) in [5.41, 5.74) is 2.16. The summed E-state index contributed by atoms with van der Waals surface area (Å²) >= 11 is 12.1. The molecule has 1 fully saturated rings. The number of carbonyl (C=O) groups excluding carboxylic acids is 1. The van der Waals surface area contributed by atoms with E-state index < -0.39 is 0 Å². The number of amides is 1. The number of nitrogens with zero attached hydrogens (tertiary/aromatic N) is 1. The van der Waals surface area contributed by atoms with E-state index in [0.717, 1.165) is 55.1 Å². The summed E-state index contributed by atoms with van der Waals surface area (Å²) < 4.78 is 11.2. The van der Waals surface area contributed by atoms with Crippen molar-refractivity contribution in [3.8, 4) is 11.5 Å². The zero-order valence-corrected chi connectivity index (χ0v) is 18.5. The van der Waals surface area contributed by atoms with Crippen molar-refractivity contribution in [2.45, 2.75) is 32.4 Å². The van der Waals surface area contributed by atoms with Gasteiger partial charge in [-0.15, -0.1) is 0 Å². The van der Waals surface area contributed by atoms with Crippen LogP contribution in [0.5, 0.6) is 11.5 Å². The highest BCUT2D eigenvalue weighted by atomic mass is 35.5. The highest BCUT2D eigenvalue weighted by Gasteiger charge is 2.26. The summed E-state index contributed by atoms with van der Waals surface area (Å²) in [6, 6.07) is 11.5. The van der Waals surface area contributed by atoms with Gasteiger partial charge in [-0.05, 0) is 68.2 Å². The Morgan fingerprint density at radius 3 is 2.53 bits per heavy atom. The van der Waals surface area contributed by atoms with Gasteiger partial charge in [0, 0.05) is 12.5 Å². The van der Waals surface area contributed by atoms with Crippen molar-refractivity contribution in [1.29, 1.82) is 0 Å². The van der Waals surface area contributed by atoms with Crippen molar-refractivity contribution in [2.75, 3.05) is 26.3 Å². The van der Waals surface area contributed by atoms with Crippen molar-refractivity contribution < 1.29 is 14.3 Å². The Hall–Kier alpha value is -1.95. The van der Waals surface area contributed by atoms with Crippen molar-refractivity contribution in [1.82, 2.24) is 10.2 Å². The van der Waals surface area contributed by atoms with Crippen molar-refractivity contribution in [3.05, 3.63) is 57.6 Å². The van der Waals surface area contributed by atoms with E-state index in [1.54, 1.807) is 0 Å². The van der Waals surface area contributed by atoms with E-state index in [4.69, 9.17) is 32.7 Å². The van der Waals surface area contributed by atoms with Crippen molar-refractivity contribution in [2.24, 2.45) is 5.92 Å². The van der Waals surface area contributed by atoms with Crippen LogP contribution in [-0.2, 0) is 11.3 Å². The summed E-state index contributed by atoms with van der Waals surface area (Å²) in [6.45, 7) is 5.72. The molecule has 2 aromatic rings. The van der Waals surface area contributed by atoms with Crippen LogP contribution in [0.15, 0.2) is 36.4 Å². The van der Waals surface area contributed by atoms with E-state index >= 15 is 0 Å². The van der Waals surface area contributed by atoms with Crippen molar-refractivity contribution >= 4 is 29.1 Å². The molecule has 1 amide bonds. The van der Waals surface area contributed by atoms with Crippen LogP contribution in [0.1, 0.15) is 36.9 Å². The van der Waals surface area contributed by atoms with Gasteiger partial charge in [-0.3, -0.25) is 9.69 Å². The molecule has 0 radical (unpaired) electrons. The fourth-order valence-corrected chi connectivity index (χ4v) is 4.31. The molecule has 1 unspecified atom stereocenters. The number of hydrogen-bond acceptors (Lipinski definition) is 4. The third-order valence-electron chi connectivity index (χ3n) is 5.77. The quantitative estimate of drug-likeness (QED) is 0.709. The second-order valence-corrected chi connectivity index (χ2v) is 8.75. The molecule has 2 aliphatic heterocycles. The molecule has 2 aromatic carbocycles. The van der Waals surface area contributed by atoms with Crippen LogP contribution in [0.2, 0.25) is 10.0 Å². The monoisotopic (exact) mass is 448 g/mol. The molecule has 1 N–H and O–H groups in total. The zero-order chi connectivity index (χ0) is 21.1. The first-order chi connectivity index (χ1) is 14.5. The van der Waals surface area contributed by atoms with E-state index in [1.807, 2.05) is 43.3 Å². The molecule has 0 saturated carbocycles. The number of halogens is 2. The molecule has 5 nitrogen and oxygen atoms in total. The summed E-state index contributed by atoms with van der Waals surface area (Å²) in [5.74, 6) is 1.66. The minimum Gasteiger partial charge on any atom is -0.486 e. The predicted octanol–water partition coefficient (Wildman–Crippen LogP) is 4.85. The lowest BCUT2D eigenvalue weighted by molar-refractivity contribution is -0.127. The molecule has 0 spiro atoms. The third kappa shape index (κ3) is 5.02. The molecule has 2 aliphatic rings. The first kappa shape index (κ1) is 21.3. The Bertz CT molecular complexity index is 913. The number of rotatable bonds is 5. The number of nitrogens with one attached hydrogen (secondary N) is 1. The van der Waals surface area contributed by atoms with Gasteiger partial charge < -0.3 is 14.8 Å². The van der Waals surface area contributed by atoms with Gasteiger partial charge >= 0.3 is 0 Å². The fourth-order valence-electron chi connectivity index (χ4n) is 3.99. The van der Waals surface area contributed by atoms with Gasteiger partial charge in [-0.1, -0.05) is 35.3 Å². The van der Waals surface area contributed by atoms with Crippen LogP contribution >= 0.6 is 23.2 Å². The van der Waals surface area contributed by atoms with Crippen LogP contribution in [-0.4, -0.2) is 37.1 Å². The number of ether oxygens (including phenoxy) is 2. The summed E-state index contributed by atoms with van der Waals surface area (Å²) in [7, 11) is 0. The molecule has 30 heavy (non-hydrogen) atoms. The van der Waals surface area contributed by atoms with Crippen LogP contribution in [0.3, 0.4) is 0 Å². The maximum atomic E-state index is 12.8. The Kier molecular flexibility index (Phi) is 6.71. The molecular formula is C23H26Cl2N2O3. The van der Waals surface area contributed by atoms with Gasteiger partial charge in [0.2, 0.25) is 5.91 Å². The van der Waals surface area contributed by atoms with Gasteiger partial charge in [0.05, 0.1) is 16.1 Å². The van der Waals surface area contributed by atoms with Crippen molar-refractivity contribution in [3.63, 3.8) is 0 Å². The first-order valence-electron chi connectivity index (χ1n) is 10.4. The zero-order valence-electron chi connectivity index (χ0n) is 17.0. The molecule has 160 valence electrons.